The minimum atomic E-state index is 0.311. The van der Waals surface area contributed by atoms with Gasteiger partial charge in [0.2, 0.25) is 5.89 Å². The van der Waals surface area contributed by atoms with Crippen molar-refractivity contribution in [3.8, 4) is 0 Å². The van der Waals surface area contributed by atoms with Crippen LogP contribution < -0.4 is 5.32 Å². The molecule has 1 aromatic rings. The highest BCUT2D eigenvalue weighted by atomic mass is 32.2. The molecule has 2 aliphatic rings. The molecule has 3 rings (SSSR count). The minimum Gasteiger partial charge on any atom is -0.338 e. The number of hydrogen-bond donors (Lipinski definition) is 1. The molecule has 2 atom stereocenters. The van der Waals surface area contributed by atoms with Crippen LogP contribution >= 0.6 is 11.8 Å². The number of hydrogen-bond acceptors (Lipinski definition) is 6. The molecule has 2 unspecified atom stereocenters. The van der Waals surface area contributed by atoms with Crippen molar-refractivity contribution >= 4 is 11.8 Å². The van der Waals surface area contributed by atoms with Crippen molar-refractivity contribution in [1.29, 1.82) is 0 Å². The zero-order chi connectivity index (χ0) is 13.1. The van der Waals surface area contributed by atoms with Crippen molar-refractivity contribution in [2.24, 2.45) is 0 Å². The Morgan fingerprint density at radius 3 is 3.00 bits per heavy atom. The van der Waals surface area contributed by atoms with Gasteiger partial charge in [-0.25, -0.2) is 0 Å². The van der Waals surface area contributed by atoms with E-state index in [1.807, 2.05) is 11.8 Å². The van der Waals surface area contributed by atoms with E-state index in [1.54, 1.807) is 0 Å². The second-order valence-electron chi connectivity index (χ2n) is 5.20. The molecule has 2 fully saturated rings. The van der Waals surface area contributed by atoms with Crippen LogP contribution in [0.3, 0.4) is 0 Å². The quantitative estimate of drug-likeness (QED) is 0.911. The summed E-state index contributed by atoms with van der Waals surface area (Å²) in [6, 6.07) is 0.311. The molecule has 0 spiro atoms. The van der Waals surface area contributed by atoms with Gasteiger partial charge in [-0.2, -0.15) is 4.98 Å². The third-order valence-corrected chi connectivity index (χ3v) is 5.30. The number of aromatic nitrogens is 2. The van der Waals surface area contributed by atoms with Crippen LogP contribution in [0.1, 0.15) is 49.2 Å². The summed E-state index contributed by atoms with van der Waals surface area (Å²) < 4.78 is 5.50. The van der Waals surface area contributed by atoms with Crippen molar-refractivity contribution in [3.05, 3.63) is 11.7 Å². The minimum absolute atomic E-state index is 0.311. The van der Waals surface area contributed by atoms with E-state index in [2.05, 4.69) is 27.3 Å². The summed E-state index contributed by atoms with van der Waals surface area (Å²) in [5, 5.41) is 8.06. The van der Waals surface area contributed by atoms with E-state index in [0.717, 1.165) is 44.3 Å². The Morgan fingerprint density at radius 1 is 1.47 bits per heavy atom. The first-order valence-corrected chi connectivity index (χ1v) is 8.33. The fraction of sp³-hybridized carbons (Fsp3) is 0.846. The summed E-state index contributed by atoms with van der Waals surface area (Å²) in [6.45, 7) is 6.45. The zero-order valence-corrected chi connectivity index (χ0v) is 12.3. The topological polar surface area (TPSA) is 54.2 Å². The Morgan fingerprint density at radius 2 is 2.32 bits per heavy atom. The van der Waals surface area contributed by atoms with Gasteiger partial charge >= 0.3 is 0 Å². The van der Waals surface area contributed by atoms with Gasteiger partial charge in [0.25, 0.3) is 0 Å². The molecule has 6 heteroatoms. The summed E-state index contributed by atoms with van der Waals surface area (Å²) in [5.74, 6) is 2.94. The Hall–Kier alpha value is -0.590. The molecule has 0 aromatic carbocycles. The fourth-order valence-electron chi connectivity index (χ4n) is 2.88. The van der Waals surface area contributed by atoms with Gasteiger partial charge in [-0.05, 0) is 25.0 Å². The Balaban J connectivity index is 1.71. The number of nitrogens with one attached hydrogen (secondary N) is 1. The molecule has 0 radical (unpaired) electrons. The lowest BCUT2D eigenvalue weighted by atomic mass is 10.1. The van der Waals surface area contributed by atoms with Crippen LogP contribution in [-0.2, 0) is 0 Å². The maximum atomic E-state index is 5.50. The zero-order valence-electron chi connectivity index (χ0n) is 11.5. The van der Waals surface area contributed by atoms with Crippen molar-refractivity contribution < 1.29 is 4.52 Å². The lowest BCUT2D eigenvalue weighted by Gasteiger charge is -2.32. The maximum Gasteiger partial charge on any atom is 0.239 e. The van der Waals surface area contributed by atoms with Gasteiger partial charge in [-0.1, -0.05) is 12.1 Å². The highest BCUT2D eigenvalue weighted by Crippen LogP contribution is 2.39. The van der Waals surface area contributed by atoms with Gasteiger partial charge in [-0.3, -0.25) is 4.90 Å². The van der Waals surface area contributed by atoms with E-state index >= 15 is 0 Å². The molecular weight excluding hydrogens is 260 g/mol. The molecular formula is C13H22N4OS. The van der Waals surface area contributed by atoms with E-state index in [-0.39, 0.29) is 0 Å². The van der Waals surface area contributed by atoms with Crippen LogP contribution in [0.25, 0.3) is 0 Å². The number of rotatable bonds is 4. The third-order valence-electron chi connectivity index (χ3n) is 3.94. The third kappa shape index (κ3) is 2.95. The van der Waals surface area contributed by atoms with Gasteiger partial charge in [-0.15, -0.1) is 11.8 Å². The molecule has 2 saturated heterocycles. The SMILES string of the molecule is CCC(c1noc(C2CCCS2)n1)N1CCNCC1. The highest BCUT2D eigenvalue weighted by molar-refractivity contribution is 7.99. The van der Waals surface area contributed by atoms with E-state index in [9.17, 15) is 0 Å². The van der Waals surface area contributed by atoms with E-state index in [0.29, 0.717) is 11.3 Å². The Labute approximate surface area is 118 Å². The molecule has 0 aliphatic carbocycles. The van der Waals surface area contributed by atoms with Gasteiger partial charge in [0, 0.05) is 26.2 Å². The molecule has 1 aromatic heterocycles. The fourth-order valence-corrected chi connectivity index (χ4v) is 4.07. The van der Waals surface area contributed by atoms with E-state index in [4.69, 9.17) is 4.52 Å². The van der Waals surface area contributed by atoms with Crippen LogP contribution in [0, 0.1) is 0 Å². The molecule has 1 N–H and O–H groups in total. The Kier molecular flexibility index (Phi) is 4.40. The second kappa shape index (κ2) is 6.24. The van der Waals surface area contributed by atoms with Crippen LogP contribution in [-0.4, -0.2) is 47.0 Å². The molecule has 19 heavy (non-hydrogen) atoms. The lowest BCUT2D eigenvalue weighted by Crippen LogP contribution is -2.45. The summed E-state index contributed by atoms with van der Waals surface area (Å²) in [7, 11) is 0. The number of thioether (sulfide) groups is 1. The van der Waals surface area contributed by atoms with Crippen molar-refractivity contribution in [2.45, 2.75) is 37.5 Å². The number of nitrogens with zero attached hydrogens (tertiary/aromatic N) is 3. The highest BCUT2D eigenvalue weighted by Gasteiger charge is 2.28. The van der Waals surface area contributed by atoms with Gasteiger partial charge in [0.1, 0.15) is 0 Å². The van der Waals surface area contributed by atoms with E-state index in [1.165, 1.54) is 18.6 Å². The van der Waals surface area contributed by atoms with Crippen molar-refractivity contribution in [3.63, 3.8) is 0 Å². The summed E-state index contributed by atoms with van der Waals surface area (Å²) in [5.41, 5.74) is 0. The smallest absolute Gasteiger partial charge is 0.239 e. The number of piperazine rings is 1. The van der Waals surface area contributed by atoms with Gasteiger partial charge < -0.3 is 9.84 Å². The first-order chi connectivity index (χ1) is 9.38. The summed E-state index contributed by atoms with van der Waals surface area (Å²) in [4.78, 5) is 7.14. The van der Waals surface area contributed by atoms with Gasteiger partial charge in [0.05, 0.1) is 11.3 Å². The predicted octanol–water partition coefficient (Wildman–Crippen LogP) is 1.99. The second-order valence-corrected chi connectivity index (χ2v) is 6.51. The van der Waals surface area contributed by atoms with Crippen LogP contribution in [0.5, 0.6) is 0 Å². The van der Waals surface area contributed by atoms with Gasteiger partial charge in [0.15, 0.2) is 5.82 Å². The molecule has 0 saturated carbocycles. The molecule has 106 valence electrons. The largest absolute Gasteiger partial charge is 0.338 e. The Bertz CT molecular complexity index is 399. The van der Waals surface area contributed by atoms with E-state index < -0.39 is 0 Å². The predicted molar refractivity (Wildman–Crippen MR) is 76.2 cm³/mol. The summed E-state index contributed by atoms with van der Waals surface area (Å²) >= 11 is 1.94. The van der Waals surface area contributed by atoms with Crippen LogP contribution in [0.2, 0.25) is 0 Å². The van der Waals surface area contributed by atoms with Crippen molar-refractivity contribution in [1.82, 2.24) is 20.4 Å². The summed E-state index contributed by atoms with van der Waals surface area (Å²) in [6.07, 6.45) is 3.48. The first-order valence-electron chi connectivity index (χ1n) is 7.28. The average Bonchev–Trinajstić information content (AvgIpc) is 3.11. The average molecular weight is 282 g/mol. The maximum absolute atomic E-state index is 5.50. The normalized spacial score (nSPS) is 26.7. The standard InChI is InChI=1S/C13H22N4OS/c1-2-10(17-7-5-14-6-8-17)12-15-13(18-16-12)11-4-3-9-19-11/h10-11,14H,2-9H2,1H3. The van der Waals surface area contributed by atoms with Crippen molar-refractivity contribution in [2.75, 3.05) is 31.9 Å². The molecule has 5 nitrogen and oxygen atoms in total. The molecule has 3 heterocycles. The monoisotopic (exact) mass is 282 g/mol. The molecule has 0 bridgehead atoms. The first kappa shape index (κ1) is 13.4. The molecule has 2 aliphatic heterocycles. The van der Waals surface area contributed by atoms with Crippen LogP contribution in [0.4, 0.5) is 0 Å². The van der Waals surface area contributed by atoms with Crippen LogP contribution in [0.15, 0.2) is 4.52 Å². The molecule has 0 amide bonds. The lowest BCUT2D eigenvalue weighted by molar-refractivity contribution is 0.160.